The third kappa shape index (κ3) is 4.19. The lowest BCUT2D eigenvalue weighted by molar-refractivity contribution is -0.139. The molecule has 5 heteroatoms. The van der Waals surface area contributed by atoms with Gasteiger partial charge in [-0.25, -0.2) is 0 Å². The smallest absolute Gasteiger partial charge is 0.243 e. The topological polar surface area (TPSA) is 62.6 Å². The molecular formula is C14H24N2O3. The van der Waals surface area contributed by atoms with Crippen LogP contribution in [0.15, 0.2) is 0 Å². The fourth-order valence-corrected chi connectivity index (χ4v) is 2.57. The van der Waals surface area contributed by atoms with Crippen LogP contribution in [-0.4, -0.2) is 51.3 Å². The maximum Gasteiger partial charge on any atom is 0.243 e. The molecule has 0 N–H and O–H groups in total. The van der Waals surface area contributed by atoms with Gasteiger partial charge in [0.25, 0.3) is 0 Å². The zero-order valence-electron chi connectivity index (χ0n) is 12.0. The highest BCUT2D eigenvalue weighted by atomic mass is 16.5. The lowest BCUT2D eigenvalue weighted by Gasteiger charge is -2.29. The predicted octanol–water partition coefficient (Wildman–Crippen LogP) is 1.58. The highest BCUT2D eigenvalue weighted by Crippen LogP contribution is 2.39. The number of nitriles is 1. The molecular weight excluding hydrogens is 244 g/mol. The zero-order chi connectivity index (χ0) is 14.1. The first-order valence-electron chi connectivity index (χ1n) is 6.88. The molecule has 0 atom stereocenters. The molecule has 1 saturated carbocycles. The summed E-state index contributed by atoms with van der Waals surface area (Å²) in [7, 11) is 3.27. The number of hydrogen-bond acceptors (Lipinski definition) is 4. The van der Waals surface area contributed by atoms with Crippen molar-refractivity contribution in [3.05, 3.63) is 0 Å². The summed E-state index contributed by atoms with van der Waals surface area (Å²) in [6.45, 7) is 2.29. The van der Waals surface area contributed by atoms with E-state index in [1.54, 1.807) is 19.1 Å². The Labute approximate surface area is 115 Å². The average Bonchev–Trinajstić information content (AvgIpc) is 2.92. The summed E-state index contributed by atoms with van der Waals surface area (Å²) in [4.78, 5) is 14.4. The molecule has 1 amide bonds. The number of carbonyl (C=O) groups excluding carboxylic acids is 1. The molecule has 1 aliphatic rings. The van der Waals surface area contributed by atoms with Crippen molar-refractivity contribution in [1.29, 1.82) is 5.26 Å². The molecule has 0 aliphatic heterocycles. The minimum atomic E-state index is -0.791. The number of ether oxygens (including phenoxy) is 2. The molecule has 5 nitrogen and oxygen atoms in total. The van der Waals surface area contributed by atoms with Gasteiger partial charge in [0.05, 0.1) is 12.7 Å². The van der Waals surface area contributed by atoms with Gasteiger partial charge in [-0.1, -0.05) is 12.8 Å². The van der Waals surface area contributed by atoms with E-state index in [1.807, 2.05) is 0 Å². The second kappa shape index (κ2) is 8.13. The summed E-state index contributed by atoms with van der Waals surface area (Å²) in [5.74, 6) is -0.0272. The van der Waals surface area contributed by atoms with Gasteiger partial charge >= 0.3 is 0 Å². The van der Waals surface area contributed by atoms with Crippen LogP contribution >= 0.6 is 0 Å². The summed E-state index contributed by atoms with van der Waals surface area (Å²) >= 11 is 0. The van der Waals surface area contributed by atoms with Gasteiger partial charge in [-0.2, -0.15) is 5.26 Å². The van der Waals surface area contributed by atoms with Gasteiger partial charge in [0.15, 0.2) is 0 Å². The van der Waals surface area contributed by atoms with E-state index in [2.05, 4.69) is 6.07 Å². The SMILES string of the molecule is COCCCN(CCOC)C(=O)C1(C#N)CCCC1. The molecule has 19 heavy (non-hydrogen) atoms. The van der Waals surface area contributed by atoms with Crippen LogP contribution in [0.1, 0.15) is 32.1 Å². The van der Waals surface area contributed by atoms with Crippen molar-refractivity contribution in [2.45, 2.75) is 32.1 Å². The van der Waals surface area contributed by atoms with Gasteiger partial charge in [-0.05, 0) is 19.3 Å². The fraction of sp³-hybridized carbons (Fsp3) is 0.857. The summed E-state index contributed by atoms with van der Waals surface area (Å²) in [6, 6.07) is 2.26. The Balaban J connectivity index is 2.66. The van der Waals surface area contributed by atoms with Crippen molar-refractivity contribution in [3.8, 4) is 6.07 Å². The maximum atomic E-state index is 12.6. The van der Waals surface area contributed by atoms with Crippen LogP contribution in [0, 0.1) is 16.7 Å². The van der Waals surface area contributed by atoms with Crippen molar-refractivity contribution in [2.24, 2.45) is 5.41 Å². The van der Waals surface area contributed by atoms with Crippen LogP contribution in [0.2, 0.25) is 0 Å². The molecule has 0 aromatic rings. The third-order valence-electron chi connectivity index (χ3n) is 3.71. The Morgan fingerprint density at radius 1 is 1.21 bits per heavy atom. The van der Waals surface area contributed by atoms with Gasteiger partial charge in [-0.15, -0.1) is 0 Å². The van der Waals surface area contributed by atoms with Crippen LogP contribution in [0.25, 0.3) is 0 Å². The van der Waals surface area contributed by atoms with Crippen molar-refractivity contribution >= 4 is 5.91 Å². The molecule has 1 rings (SSSR count). The van der Waals surface area contributed by atoms with Crippen molar-refractivity contribution in [2.75, 3.05) is 40.5 Å². The monoisotopic (exact) mass is 268 g/mol. The van der Waals surface area contributed by atoms with E-state index < -0.39 is 5.41 Å². The largest absolute Gasteiger partial charge is 0.385 e. The van der Waals surface area contributed by atoms with Gasteiger partial charge in [0, 0.05) is 33.9 Å². The van der Waals surface area contributed by atoms with E-state index >= 15 is 0 Å². The number of methoxy groups -OCH3 is 2. The Morgan fingerprint density at radius 2 is 1.84 bits per heavy atom. The van der Waals surface area contributed by atoms with Crippen molar-refractivity contribution < 1.29 is 14.3 Å². The Morgan fingerprint density at radius 3 is 2.37 bits per heavy atom. The molecule has 0 unspecified atom stereocenters. The predicted molar refractivity (Wildman–Crippen MR) is 71.5 cm³/mol. The summed E-state index contributed by atoms with van der Waals surface area (Å²) in [5, 5.41) is 9.38. The standard InChI is InChI=1S/C14H24N2O3/c1-18-10-5-8-16(9-11-19-2)13(17)14(12-15)6-3-4-7-14/h3-11H2,1-2H3. The van der Waals surface area contributed by atoms with Gasteiger partial charge in [0.2, 0.25) is 5.91 Å². The van der Waals surface area contributed by atoms with E-state index in [0.29, 0.717) is 39.1 Å². The van der Waals surface area contributed by atoms with Gasteiger partial charge in [-0.3, -0.25) is 4.79 Å². The number of amides is 1. The molecule has 0 aromatic heterocycles. The maximum absolute atomic E-state index is 12.6. The third-order valence-corrected chi connectivity index (χ3v) is 3.71. The Hall–Kier alpha value is -1.12. The molecule has 0 radical (unpaired) electrons. The summed E-state index contributed by atoms with van der Waals surface area (Å²) < 4.78 is 10.1. The molecule has 0 aromatic carbocycles. The lowest BCUT2D eigenvalue weighted by Crippen LogP contribution is -2.44. The van der Waals surface area contributed by atoms with Crippen LogP contribution in [0.3, 0.4) is 0 Å². The molecule has 0 bridgehead atoms. The van der Waals surface area contributed by atoms with E-state index in [9.17, 15) is 10.1 Å². The van der Waals surface area contributed by atoms with Gasteiger partial charge in [0.1, 0.15) is 5.41 Å². The van der Waals surface area contributed by atoms with Crippen LogP contribution in [0.4, 0.5) is 0 Å². The second-order valence-corrected chi connectivity index (χ2v) is 5.03. The molecule has 0 spiro atoms. The first-order valence-corrected chi connectivity index (χ1v) is 6.88. The highest BCUT2D eigenvalue weighted by Gasteiger charge is 2.43. The Bertz CT molecular complexity index is 319. The quantitative estimate of drug-likeness (QED) is 0.627. The summed E-state index contributed by atoms with van der Waals surface area (Å²) in [5.41, 5.74) is -0.791. The molecule has 1 fully saturated rings. The molecule has 1 aliphatic carbocycles. The second-order valence-electron chi connectivity index (χ2n) is 5.03. The lowest BCUT2D eigenvalue weighted by atomic mass is 9.86. The van der Waals surface area contributed by atoms with E-state index in [-0.39, 0.29) is 5.91 Å². The van der Waals surface area contributed by atoms with Gasteiger partial charge < -0.3 is 14.4 Å². The van der Waals surface area contributed by atoms with E-state index in [0.717, 1.165) is 19.3 Å². The highest BCUT2D eigenvalue weighted by molar-refractivity contribution is 5.85. The van der Waals surface area contributed by atoms with E-state index in [1.165, 1.54) is 0 Å². The van der Waals surface area contributed by atoms with Crippen molar-refractivity contribution in [3.63, 3.8) is 0 Å². The number of hydrogen-bond donors (Lipinski definition) is 0. The van der Waals surface area contributed by atoms with Crippen molar-refractivity contribution in [1.82, 2.24) is 4.90 Å². The zero-order valence-corrected chi connectivity index (χ0v) is 12.0. The van der Waals surface area contributed by atoms with Crippen LogP contribution in [-0.2, 0) is 14.3 Å². The first-order chi connectivity index (χ1) is 9.20. The number of rotatable bonds is 8. The normalized spacial score (nSPS) is 17.1. The molecule has 0 saturated heterocycles. The molecule has 0 heterocycles. The minimum Gasteiger partial charge on any atom is -0.385 e. The summed E-state index contributed by atoms with van der Waals surface area (Å²) in [6.07, 6.45) is 4.10. The molecule has 108 valence electrons. The first kappa shape index (κ1) is 15.9. The average molecular weight is 268 g/mol. The fourth-order valence-electron chi connectivity index (χ4n) is 2.57. The van der Waals surface area contributed by atoms with Crippen LogP contribution < -0.4 is 0 Å². The van der Waals surface area contributed by atoms with Crippen LogP contribution in [0.5, 0.6) is 0 Å². The number of carbonyl (C=O) groups is 1. The van der Waals surface area contributed by atoms with E-state index in [4.69, 9.17) is 9.47 Å². The Kier molecular flexibility index (Phi) is 6.82. The minimum absolute atomic E-state index is 0.0272. The number of nitrogens with zero attached hydrogens (tertiary/aromatic N) is 2.